The van der Waals surface area contributed by atoms with Gasteiger partial charge >= 0.3 is 0 Å². The molecule has 7 nitrogen and oxygen atoms in total. The summed E-state index contributed by atoms with van der Waals surface area (Å²) in [6.07, 6.45) is 3.69. The zero-order valence-corrected chi connectivity index (χ0v) is 9.27. The van der Waals surface area contributed by atoms with Crippen LogP contribution in [0, 0.1) is 0 Å². The summed E-state index contributed by atoms with van der Waals surface area (Å²) in [5.41, 5.74) is 0. The van der Waals surface area contributed by atoms with Crippen LogP contribution in [0.2, 0.25) is 0 Å². The van der Waals surface area contributed by atoms with Crippen LogP contribution in [-0.2, 0) is 16.6 Å². The van der Waals surface area contributed by atoms with Gasteiger partial charge in [0.2, 0.25) is 11.8 Å². The number of carbonyl (C=O) groups excluding carboxylic acids is 3. The van der Waals surface area contributed by atoms with Crippen molar-refractivity contribution in [3.8, 4) is 0 Å². The molecular formula is C10H12N4O3. The molecule has 0 aromatic carbocycles. The summed E-state index contributed by atoms with van der Waals surface area (Å²) in [5.74, 6) is -0.969. The van der Waals surface area contributed by atoms with Gasteiger partial charge in [-0.05, 0) is 6.42 Å². The number of imide groups is 1. The van der Waals surface area contributed by atoms with E-state index in [1.165, 1.54) is 6.20 Å². The molecule has 1 aromatic rings. The van der Waals surface area contributed by atoms with Crippen LogP contribution in [0.1, 0.15) is 23.5 Å². The maximum absolute atomic E-state index is 11.8. The van der Waals surface area contributed by atoms with Crippen LogP contribution in [0.25, 0.3) is 0 Å². The first kappa shape index (κ1) is 11.3. The molecule has 2 N–H and O–H groups in total. The lowest BCUT2D eigenvalue weighted by Crippen LogP contribution is -2.52. The van der Waals surface area contributed by atoms with Crippen LogP contribution in [0.5, 0.6) is 0 Å². The van der Waals surface area contributed by atoms with E-state index in [4.69, 9.17) is 0 Å². The van der Waals surface area contributed by atoms with Crippen molar-refractivity contribution in [3.63, 3.8) is 0 Å². The number of imidazole rings is 1. The first-order valence-corrected chi connectivity index (χ1v) is 5.20. The molecule has 1 aliphatic rings. The Morgan fingerprint density at radius 3 is 2.94 bits per heavy atom. The van der Waals surface area contributed by atoms with Crippen LogP contribution in [0.4, 0.5) is 0 Å². The maximum Gasteiger partial charge on any atom is 0.287 e. The average Bonchev–Trinajstić information content (AvgIpc) is 2.68. The molecule has 1 fully saturated rings. The predicted molar refractivity (Wildman–Crippen MR) is 56.8 cm³/mol. The van der Waals surface area contributed by atoms with Crippen LogP contribution >= 0.6 is 0 Å². The zero-order valence-electron chi connectivity index (χ0n) is 9.27. The fraction of sp³-hybridized carbons (Fsp3) is 0.400. The third-order valence-electron chi connectivity index (χ3n) is 2.57. The molecular weight excluding hydrogens is 224 g/mol. The highest BCUT2D eigenvalue weighted by molar-refractivity contribution is 6.03. The number of piperidine rings is 1. The lowest BCUT2D eigenvalue weighted by atomic mass is 10.1. The first-order chi connectivity index (χ1) is 8.08. The molecule has 0 radical (unpaired) electrons. The van der Waals surface area contributed by atoms with Gasteiger partial charge < -0.3 is 9.88 Å². The largest absolute Gasteiger partial charge is 0.338 e. The van der Waals surface area contributed by atoms with Gasteiger partial charge in [-0.15, -0.1) is 0 Å². The van der Waals surface area contributed by atoms with Crippen LogP contribution in [0.15, 0.2) is 12.4 Å². The Hall–Kier alpha value is -2.18. The minimum atomic E-state index is -0.670. The van der Waals surface area contributed by atoms with Gasteiger partial charge in [-0.2, -0.15) is 0 Å². The molecule has 3 amide bonds. The number of aryl methyl sites for hydroxylation is 1. The quantitative estimate of drug-likeness (QED) is 0.641. The predicted octanol–water partition coefficient (Wildman–Crippen LogP) is -1.04. The van der Waals surface area contributed by atoms with E-state index in [1.54, 1.807) is 17.8 Å². The van der Waals surface area contributed by atoms with E-state index in [-0.39, 0.29) is 18.2 Å². The van der Waals surface area contributed by atoms with Crippen molar-refractivity contribution >= 4 is 17.7 Å². The first-order valence-electron chi connectivity index (χ1n) is 5.20. The van der Waals surface area contributed by atoms with Crippen molar-refractivity contribution in [2.24, 2.45) is 7.05 Å². The lowest BCUT2D eigenvalue weighted by Gasteiger charge is -2.21. The highest BCUT2D eigenvalue weighted by Gasteiger charge is 2.28. The lowest BCUT2D eigenvalue weighted by molar-refractivity contribution is -0.134. The van der Waals surface area contributed by atoms with Gasteiger partial charge in [0.15, 0.2) is 5.82 Å². The van der Waals surface area contributed by atoms with E-state index in [2.05, 4.69) is 15.6 Å². The summed E-state index contributed by atoms with van der Waals surface area (Å²) < 4.78 is 1.56. The second-order valence-corrected chi connectivity index (χ2v) is 3.84. The van der Waals surface area contributed by atoms with Gasteiger partial charge in [-0.1, -0.05) is 0 Å². The van der Waals surface area contributed by atoms with E-state index in [0.29, 0.717) is 6.42 Å². The molecule has 1 unspecified atom stereocenters. The Labute approximate surface area is 97.2 Å². The third-order valence-corrected chi connectivity index (χ3v) is 2.57. The number of nitrogens with one attached hydrogen (secondary N) is 2. The summed E-state index contributed by atoms with van der Waals surface area (Å²) >= 11 is 0. The Morgan fingerprint density at radius 1 is 1.59 bits per heavy atom. The Kier molecular flexibility index (Phi) is 2.90. The Morgan fingerprint density at radius 2 is 2.35 bits per heavy atom. The number of hydrogen-bond acceptors (Lipinski definition) is 4. The number of hydrogen-bond donors (Lipinski definition) is 2. The van der Waals surface area contributed by atoms with E-state index < -0.39 is 17.9 Å². The molecule has 0 bridgehead atoms. The second-order valence-electron chi connectivity index (χ2n) is 3.84. The Balaban J connectivity index is 2.02. The van der Waals surface area contributed by atoms with Crippen LogP contribution in [-0.4, -0.2) is 33.3 Å². The minimum Gasteiger partial charge on any atom is -0.338 e. The van der Waals surface area contributed by atoms with Gasteiger partial charge in [-0.3, -0.25) is 19.7 Å². The summed E-state index contributed by atoms with van der Waals surface area (Å²) in [4.78, 5) is 38.0. The molecule has 7 heteroatoms. The Bertz CT molecular complexity index is 480. The zero-order chi connectivity index (χ0) is 12.4. The summed E-state index contributed by atoms with van der Waals surface area (Å²) in [6.45, 7) is 0. The number of amides is 3. The van der Waals surface area contributed by atoms with Crippen molar-refractivity contribution in [2.45, 2.75) is 18.9 Å². The number of aromatic nitrogens is 2. The van der Waals surface area contributed by atoms with Gasteiger partial charge in [0.1, 0.15) is 6.04 Å². The maximum atomic E-state index is 11.8. The minimum absolute atomic E-state index is 0.231. The van der Waals surface area contributed by atoms with Crippen LogP contribution in [0.3, 0.4) is 0 Å². The smallest absolute Gasteiger partial charge is 0.287 e. The van der Waals surface area contributed by atoms with E-state index >= 15 is 0 Å². The SMILES string of the molecule is Cn1ccnc1C(=O)NC1CCC(=O)NC1=O. The molecule has 90 valence electrons. The fourth-order valence-corrected chi connectivity index (χ4v) is 1.64. The van der Waals surface area contributed by atoms with E-state index in [0.717, 1.165) is 0 Å². The van der Waals surface area contributed by atoms with Gasteiger partial charge in [0, 0.05) is 25.9 Å². The van der Waals surface area contributed by atoms with Crippen molar-refractivity contribution < 1.29 is 14.4 Å². The number of nitrogens with zero attached hydrogens (tertiary/aromatic N) is 2. The molecule has 1 saturated heterocycles. The normalized spacial score (nSPS) is 19.9. The summed E-state index contributed by atoms with van der Waals surface area (Å²) in [5, 5.41) is 4.72. The van der Waals surface area contributed by atoms with Crippen molar-refractivity contribution in [2.75, 3.05) is 0 Å². The molecule has 1 aromatic heterocycles. The van der Waals surface area contributed by atoms with Gasteiger partial charge in [0.25, 0.3) is 5.91 Å². The molecule has 2 heterocycles. The fourth-order valence-electron chi connectivity index (χ4n) is 1.64. The monoisotopic (exact) mass is 236 g/mol. The van der Waals surface area contributed by atoms with Crippen LogP contribution < -0.4 is 10.6 Å². The summed E-state index contributed by atoms with van der Waals surface area (Å²) in [6, 6.07) is -0.670. The third kappa shape index (κ3) is 2.32. The van der Waals surface area contributed by atoms with Crippen molar-refractivity contribution in [3.05, 3.63) is 18.2 Å². The topological polar surface area (TPSA) is 93.1 Å². The van der Waals surface area contributed by atoms with Crippen molar-refractivity contribution in [1.29, 1.82) is 0 Å². The molecule has 0 spiro atoms. The van der Waals surface area contributed by atoms with Crippen molar-refractivity contribution in [1.82, 2.24) is 20.2 Å². The highest BCUT2D eigenvalue weighted by atomic mass is 16.2. The molecule has 0 aliphatic carbocycles. The summed E-state index contributed by atoms with van der Waals surface area (Å²) in [7, 11) is 1.69. The second kappa shape index (κ2) is 4.36. The molecule has 1 aliphatic heterocycles. The molecule has 0 saturated carbocycles. The molecule has 2 rings (SSSR count). The number of carbonyl (C=O) groups is 3. The van der Waals surface area contributed by atoms with E-state index in [1.807, 2.05) is 0 Å². The molecule has 17 heavy (non-hydrogen) atoms. The highest BCUT2D eigenvalue weighted by Crippen LogP contribution is 2.05. The standard InChI is InChI=1S/C10H12N4O3/c1-14-5-4-11-8(14)10(17)12-6-2-3-7(15)13-9(6)16/h4-6H,2-3H2,1H3,(H,12,17)(H,13,15,16). The molecule has 1 atom stereocenters. The van der Waals surface area contributed by atoms with Gasteiger partial charge in [-0.25, -0.2) is 4.98 Å². The van der Waals surface area contributed by atoms with E-state index in [9.17, 15) is 14.4 Å². The average molecular weight is 236 g/mol. The number of rotatable bonds is 2. The van der Waals surface area contributed by atoms with Gasteiger partial charge in [0.05, 0.1) is 0 Å².